The van der Waals surface area contributed by atoms with E-state index < -0.39 is 201 Å². The summed E-state index contributed by atoms with van der Waals surface area (Å²) in [6.45, 7) is -0.00740. The fraction of sp³-hybridized carbons (Fsp3) is 0.176. The Morgan fingerprint density at radius 1 is 0.427 bits per heavy atom. The molecule has 1 aromatic heterocycles. The van der Waals surface area contributed by atoms with Crippen LogP contribution in [0, 0.1) is 0 Å². The minimum atomic E-state index is -6.13. The molecule has 6 nitrogen and oxygen atoms in total. The van der Waals surface area contributed by atoms with Crippen molar-refractivity contribution in [2.75, 3.05) is 0 Å². The van der Waals surface area contributed by atoms with Crippen molar-refractivity contribution >= 4 is 39.7 Å². The molecular weight excluding hydrogens is 1170 g/mol. The van der Waals surface area contributed by atoms with E-state index in [1.54, 1.807) is 30.5 Å². The second-order valence-corrected chi connectivity index (χ2v) is 17.5. The van der Waals surface area contributed by atoms with E-state index in [2.05, 4.69) is 4.98 Å². The molecular formula is C51H27BF24N2O4. The summed E-state index contributed by atoms with van der Waals surface area (Å²) in [7, 11) is 0. The van der Waals surface area contributed by atoms with Gasteiger partial charge in [-0.25, -0.2) is 4.79 Å². The van der Waals surface area contributed by atoms with Crippen molar-refractivity contribution in [1.29, 1.82) is 0 Å². The van der Waals surface area contributed by atoms with E-state index in [4.69, 9.17) is 4.74 Å². The normalized spacial score (nSPS) is 13.1. The topological polar surface area (TPSA) is 80.4 Å². The molecule has 0 unspecified atom stereocenters. The molecule has 0 fully saturated rings. The molecule has 7 rings (SSSR count). The number of aromatic hydroxyl groups is 1. The first-order chi connectivity index (χ1) is 37.4. The molecule has 0 atom stereocenters. The summed E-state index contributed by atoms with van der Waals surface area (Å²) < 4.78 is 348. The predicted molar refractivity (Wildman–Crippen MR) is 238 cm³/mol. The minimum Gasteiger partial charge on any atom is -0.508 e. The Kier molecular flexibility index (Phi) is 17.1. The van der Waals surface area contributed by atoms with Gasteiger partial charge < -0.3 is 9.84 Å². The highest BCUT2D eigenvalue weighted by Gasteiger charge is 2.47. The monoisotopic (exact) mass is 1200 g/mol. The van der Waals surface area contributed by atoms with Gasteiger partial charge in [0.25, 0.3) is 0 Å². The Hall–Kier alpha value is -8.28. The highest BCUT2D eigenvalue weighted by molar-refractivity contribution is 7.20. The lowest BCUT2D eigenvalue weighted by Crippen LogP contribution is -2.75. The van der Waals surface area contributed by atoms with Crippen LogP contribution in [0.3, 0.4) is 0 Å². The molecule has 7 aromatic rings. The number of ketones is 1. The number of Topliss-reactive ketones (excluding diaryl/α,β-unsaturated/α-hetero) is 1. The quantitative estimate of drug-likeness (QED) is 0.0389. The summed E-state index contributed by atoms with van der Waals surface area (Å²) in [4.78, 5) is 28.7. The number of carbonyl (C=O) groups is 2. The molecule has 0 aliphatic carbocycles. The number of alkyl halides is 24. The maximum absolute atomic E-state index is 14.2. The van der Waals surface area contributed by atoms with Crippen molar-refractivity contribution in [3.8, 4) is 11.5 Å². The molecule has 6 aromatic carbocycles. The van der Waals surface area contributed by atoms with Crippen LogP contribution in [-0.4, -0.2) is 28.0 Å². The van der Waals surface area contributed by atoms with Crippen molar-refractivity contribution in [2.24, 2.45) is 0 Å². The van der Waals surface area contributed by atoms with E-state index in [-0.39, 0.29) is 29.5 Å². The summed E-state index contributed by atoms with van der Waals surface area (Å²) >= 11 is 0. The first-order valence-corrected chi connectivity index (χ1v) is 22.2. The molecule has 0 saturated carbocycles. The van der Waals surface area contributed by atoms with E-state index >= 15 is 0 Å². The second kappa shape index (κ2) is 22.2. The zero-order valence-electron chi connectivity index (χ0n) is 39.8. The Morgan fingerprint density at radius 2 is 0.720 bits per heavy atom. The zero-order chi connectivity index (χ0) is 61.6. The molecule has 0 saturated heterocycles. The number of carbonyl (C=O) groups excluding carboxylic acids is 2. The fourth-order valence-electron chi connectivity index (χ4n) is 8.31. The number of rotatable bonds is 9. The van der Waals surface area contributed by atoms with Crippen LogP contribution in [0.4, 0.5) is 105 Å². The van der Waals surface area contributed by atoms with Gasteiger partial charge in [-0.1, -0.05) is 78.9 Å². The number of phenolic OH excluding ortho intramolecular Hbond substituents is 1. The van der Waals surface area contributed by atoms with E-state index in [1.165, 1.54) is 41.2 Å². The van der Waals surface area contributed by atoms with Crippen LogP contribution in [-0.2, 0) is 56.0 Å². The van der Waals surface area contributed by atoms with Crippen LogP contribution in [0.15, 0.2) is 146 Å². The maximum Gasteiger partial charge on any atom is 0.416 e. The average Bonchev–Trinajstić information content (AvgIpc) is 2.72. The first kappa shape index (κ1) is 62.9. The van der Waals surface area contributed by atoms with E-state index in [9.17, 15) is 120 Å². The third-order valence-electron chi connectivity index (χ3n) is 11.9. The van der Waals surface area contributed by atoms with Gasteiger partial charge in [0.1, 0.15) is 23.8 Å². The number of hydrogen-bond donors (Lipinski definition) is 1. The Labute approximate surface area is 442 Å². The van der Waals surface area contributed by atoms with Crippen LogP contribution < -0.4 is 31.2 Å². The van der Waals surface area contributed by atoms with Crippen molar-refractivity contribution < 1.29 is 129 Å². The van der Waals surface area contributed by atoms with E-state index in [0.717, 1.165) is 0 Å². The average molecular weight is 1200 g/mol. The number of hydrogen-bond acceptors (Lipinski definition) is 5. The molecule has 0 radical (unpaired) electrons. The highest BCUT2D eigenvalue weighted by Crippen LogP contribution is 2.41. The maximum atomic E-state index is 14.2. The molecule has 0 aliphatic heterocycles. The van der Waals surface area contributed by atoms with Crippen LogP contribution in [0.25, 0.3) is 0 Å². The highest BCUT2D eigenvalue weighted by atomic mass is 19.4. The Morgan fingerprint density at radius 3 is 1.00 bits per heavy atom. The van der Waals surface area contributed by atoms with Gasteiger partial charge in [0, 0.05) is 5.56 Å². The largest absolute Gasteiger partial charge is 0.508 e. The lowest BCUT2D eigenvalue weighted by atomic mass is 9.12. The number of ether oxygens (including phenoxy) is 1. The number of phenols is 1. The molecule has 0 amide bonds. The molecule has 436 valence electrons. The summed E-state index contributed by atoms with van der Waals surface area (Å²) in [5.41, 5.74) is -29.5. The molecule has 0 bridgehead atoms. The van der Waals surface area contributed by atoms with Crippen LogP contribution >= 0.6 is 0 Å². The van der Waals surface area contributed by atoms with E-state index in [1.807, 2.05) is 6.07 Å². The van der Waals surface area contributed by atoms with Gasteiger partial charge in [-0.3, -0.25) is 9.78 Å². The first-order valence-electron chi connectivity index (χ1n) is 22.2. The van der Waals surface area contributed by atoms with Gasteiger partial charge in [0.15, 0.2) is 6.20 Å². The fourth-order valence-corrected chi connectivity index (χ4v) is 8.31. The van der Waals surface area contributed by atoms with Gasteiger partial charge in [-0.05, 0) is 48.5 Å². The van der Waals surface area contributed by atoms with E-state index in [0.29, 0.717) is 5.56 Å². The van der Waals surface area contributed by atoms with Gasteiger partial charge in [0.2, 0.25) is 12.3 Å². The van der Waals surface area contributed by atoms with Crippen LogP contribution in [0.1, 0.15) is 65.4 Å². The van der Waals surface area contributed by atoms with Gasteiger partial charge in [-0.15, -0.1) is 0 Å². The van der Waals surface area contributed by atoms with Crippen LogP contribution in [0.2, 0.25) is 0 Å². The summed E-state index contributed by atoms with van der Waals surface area (Å²) in [6.07, 6.45) is -50.4. The lowest BCUT2D eigenvalue weighted by molar-refractivity contribution is -0.686. The Bertz CT molecular complexity index is 3030. The number of benzene rings is 6. The summed E-state index contributed by atoms with van der Waals surface area (Å²) in [5.74, 6) is -0.410. The van der Waals surface area contributed by atoms with Crippen molar-refractivity contribution in [2.45, 2.75) is 56.0 Å². The molecule has 31 heteroatoms. The molecule has 82 heavy (non-hydrogen) atoms. The predicted octanol–water partition coefficient (Wildman–Crippen LogP) is 13.4. The zero-order valence-corrected chi connectivity index (χ0v) is 39.8. The summed E-state index contributed by atoms with van der Waals surface area (Å²) in [6, 6.07) is 5.81. The Balaban J connectivity index is 0.000000357. The van der Waals surface area contributed by atoms with Gasteiger partial charge in [0.05, 0.1) is 50.7 Å². The number of halogens is 24. The third kappa shape index (κ3) is 14.6. The molecule has 0 aliphatic rings. The second-order valence-electron chi connectivity index (χ2n) is 17.5. The minimum absolute atomic E-state index is 0.00740. The van der Waals surface area contributed by atoms with Crippen molar-refractivity contribution in [3.05, 3.63) is 202 Å². The summed E-state index contributed by atoms with van der Waals surface area (Å²) in [5, 5.41) is 9.27. The molecule has 1 N–H and O–H groups in total. The third-order valence-corrected chi connectivity index (χ3v) is 11.9. The van der Waals surface area contributed by atoms with Gasteiger partial charge in [-0.2, -0.15) is 132 Å². The smallest absolute Gasteiger partial charge is 0.416 e. The van der Waals surface area contributed by atoms with Crippen LogP contribution in [0.5, 0.6) is 11.5 Å². The van der Waals surface area contributed by atoms with Crippen molar-refractivity contribution in [1.82, 2.24) is 4.98 Å². The standard InChI is InChI=1S/C32H12BF24.C19H14N2O4/c34-25(35,36)13-1-14(26(37,38)39)6-21(5-13)33(22-7-15(27(40,41)42)2-16(8-22)28(43,44)45,23-9-17(29(46,47)48)3-18(10-23)30(49,50)51)24-11-19(31(52,53)54)4-20(12-24)32(55,56)57;22-15-6-8-16(9-7-15)25-19(24)17-12-20-10-11-21(17)13-18(23)14-4-2-1-3-5-14/h1-12H;1-12H,13H2/q-1;/p+1. The van der Waals surface area contributed by atoms with Gasteiger partial charge >= 0.3 is 61.1 Å². The lowest BCUT2D eigenvalue weighted by Gasteiger charge is -2.46. The SMILES string of the molecule is FC(F)(F)c1cc([B-](c2cc(C(F)(F)F)cc(C(F)(F)F)c2)(c2cc(C(F)(F)F)cc(C(F)(F)F)c2)c2cc(C(F)(F)F)cc(C(F)(F)F)c2)cc(C(F)(F)F)c1.O=C(C[n+]1ccncc1C(=O)Oc1ccc(O)cc1)c1ccccc1. The molecule has 0 spiro atoms. The number of aromatic nitrogens is 2. The number of nitrogens with zero attached hydrogens (tertiary/aromatic N) is 2. The molecule has 1 heterocycles. The van der Waals surface area contributed by atoms with Crippen molar-refractivity contribution in [3.63, 3.8) is 0 Å². The number of esters is 1.